The Morgan fingerprint density at radius 3 is 3.00 bits per heavy atom. The number of nitrogens with zero attached hydrogens (tertiary/aromatic N) is 1. The van der Waals surface area contributed by atoms with Crippen LogP contribution in [0.2, 0.25) is 0 Å². The molecule has 1 amide bonds. The van der Waals surface area contributed by atoms with Crippen molar-refractivity contribution in [1.29, 1.82) is 5.26 Å². The van der Waals surface area contributed by atoms with Crippen LogP contribution in [0.5, 0.6) is 5.75 Å². The second-order valence-corrected chi connectivity index (χ2v) is 3.76. The number of nitrogens with one attached hydrogen (secondary N) is 1. The Bertz CT molecular complexity index is 471. The number of nitriles is 1. The first-order valence-corrected chi connectivity index (χ1v) is 5.43. The lowest BCUT2D eigenvalue weighted by Crippen LogP contribution is -2.30. The number of ether oxygens (including phenoxy) is 1. The second-order valence-electron chi connectivity index (χ2n) is 3.76. The van der Waals surface area contributed by atoms with E-state index >= 15 is 0 Å². The Balaban J connectivity index is 2.65. The Hall–Kier alpha value is -2.13. The van der Waals surface area contributed by atoms with E-state index in [2.05, 4.69) is 0 Å². The van der Waals surface area contributed by atoms with Gasteiger partial charge in [-0.05, 0) is 25.5 Å². The minimum absolute atomic E-state index is 0.132. The van der Waals surface area contributed by atoms with Crippen LogP contribution >= 0.6 is 0 Å². The summed E-state index contributed by atoms with van der Waals surface area (Å²) in [6.45, 7) is 1.73. The van der Waals surface area contributed by atoms with Gasteiger partial charge in [-0.1, -0.05) is 6.07 Å². The first kappa shape index (κ1) is 13.9. The Morgan fingerprint density at radius 1 is 1.67 bits per heavy atom. The van der Waals surface area contributed by atoms with E-state index in [1.54, 1.807) is 13.0 Å². The molecule has 0 saturated heterocycles. The van der Waals surface area contributed by atoms with Gasteiger partial charge in [0.05, 0.1) is 6.10 Å². The molecule has 0 fully saturated rings. The number of nitrogens with two attached hydrogens (primary N) is 1. The summed E-state index contributed by atoms with van der Waals surface area (Å²) in [5.74, 6) is 4.20. The van der Waals surface area contributed by atoms with E-state index in [0.29, 0.717) is 6.42 Å². The molecule has 96 valence electrons. The van der Waals surface area contributed by atoms with E-state index in [9.17, 15) is 9.18 Å². The number of hydrazine groups is 1. The van der Waals surface area contributed by atoms with Gasteiger partial charge in [-0.3, -0.25) is 10.2 Å². The van der Waals surface area contributed by atoms with Crippen LogP contribution in [0.1, 0.15) is 25.3 Å². The van der Waals surface area contributed by atoms with Crippen LogP contribution in [-0.4, -0.2) is 12.0 Å². The SMILES string of the molecule is CC(CCC(=O)NN)Oc1cccc(F)c1C#N. The minimum Gasteiger partial charge on any atom is -0.489 e. The highest BCUT2D eigenvalue weighted by atomic mass is 19.1. The molecule has 0 aliphatic heterocycles. The normalized spacial score (nSPS) is 11.4. The molecule has 1 aromatic rings. The second kappa shape index (κ2) is 6.57. The Kier molecular flexibility index (Phi) is 5.08. The highest BCUT2D eigenvalue weighted by Crippen LogP contribution is 2.22. The zero-order chi connectivity index (χ0) is 13.5. The van der Waals surface area contributed by atoms with Gasteiger partial charge in [-0.25, -0.2) is 10.2 Å². The van der Waals surface area contributed by atoms with Crippen molar-refractivity contribution in [2.45, 2.75) is 25.9 Å². The average molecular weight is 251 g/mol. The van der Waals surface area contributed by atoms with Crippen molar-refractivity contribution >= 4 is 5.91 Å². The van der Waals surface area contributed by atoms with Gasteiger partial charge in [-0.2, -0.15) is 5.26 Å². The van der Waals surface area contributed by atoms with Crippen molar-refractivity contribution in [3.05, 3.63) is 29.6 Å². The number of hydrogen-bond donors (Lipinski definition) is 2. The van der Waals surface area contributed by atoms with Crippen molar-refractivity contribution in [2.24, 2.45) is 5.84 Å². The lowest BCUT2D eigenvalue weighted by molar-refractivity contribution is -0.121. The molecule has 1 rings (SSSR count). The molecule has 0 spiro atoms. The lowest BCUT2D eigenvalue weighted by atomic mass is 10.2. The van der Waals surface area contributed by atoms with Crippen LogP contribution in [-0.2, 0) is 4.79 Å². The summed E-state index contributed by atoms with van der Waals surface area (Å²) in [7, 11) is 0. The van der Waals surface area contributed by atoms with Gasteiger partial charge in [0.25, 0.3) is 0 Å². The van der Waals surface area contributed by atoms with Gasteiger partial charge in [-0.15, -0.1) is 0 Å². The highest BCUT2D eigenvalue weighted by molar-refractivity contribution is 5.75. The number of carbonyl (C=O) groups excluding carboxylic acids is 1. The molecule has 18 heavy (non-hydrogen) atoms. The molecule has 0 bridgehead atoms. The third-order valence-corrected chi connectivity index (χ3v) is 2.35. The molecular weight excluding hydrogens is 237 g/mol. The first-order chi connectivity index (χ1) is 8.58. The van der Waals surface area contributed by atoms with E-state index in [1.165, 1.54) is 18.2 Å². The summed E-state index contributed by atoms with van der Waals surface area (Å²) in [6, 6.07) is 5.92. The molecule has 3 N–H and O–H groups in total. The number of rotatable bonds is 5. The molecule has 1 unspecified atom stereocenters. The maximum absolute atomic E-state index is 13.3. The summed E-state index contributed by atoms with van der Waals surface area (Å²) in [5.41, 5.74) is 1.88. The van der Waals surface area contributed by atoms with Gasteiger partial charge in [0, 0.05) is 6.42 Å². The van der Waals surface area contributed by atoms with Crippen LogP contribution in [0.4, 0.5) is 4.39 Å². The monoisotopic (exact) mass is 251 g/mol. The molecule has 0 saturated carbocycles. The molecule has 0 aliphatic carbocycles. The third kappa shape index (κ3) is 3.71. The van der Waals surface area contributed by atoms with Gasteiger partial charge >= 0.3 is 0 Å². The summed E-state index contributed by atoms with van der Waals surface area (Å²) >= 11 is 0. The van der Waals surface area contributed by atoms with Crippen molar-refractivity contribution < 1.29 is 13.9 Å². The third-order valence-electron chi connectivity index (χ3n) is 2.35. The van der Waals surface area contributed by atoms with Gasteiger partial charge in [0.2, 0.25) is 5.91 Å². The topological polar surface area (TPSA) is 88.1 Å². The van der Waals surface area contributed by atoms with E-state index in [1.807, 2.05) is 5.43 Å². The zero-order valence-electron chi connectivity index (χ0n) is 9.94. The number of carbonyl (C=O) groups is 1. The zero-order valence-corrected chi connectivity index (χ0v) is 9.94. The molecule has 1 atom stereocenters. The predicted octanol–water partition coefficient (Wildman–Crippen LogP) is 1.23. The number of amides is 1. The molecule has 6 heteroatoms. The van der Waals surface area contributed by atoms with E-state index in [-0.39, 0.29) is 29.7 Å². The number of halogens is 1. The van der Waals surface area contributed by atoms with Crippen molar-refractivity contribution in [1.82, 2.24) is 5.43 Å². The standard InChI is InChI=1S/C12H14FN3O2/c1-8(5-6-12(17)16-15)18-11-4-2-3-10(13)9(11)7-14/h2-4,8H,5-6,15H2,1H3,(H,16,17). The van der Waals surface area contributed by atoms with E-state index in [4.69, 9.17) is 15.8 Å². The first-order valence-electron chi connectivity index (χ1n) is 5.43. The number of benzene rings is 1. The van der Waals surface area contributed by atoms with Gasteiger partial charge in [0.1, 0.15) is 23.2 Å². The molecular formula is C12H14FN3O2. The lowest BCUT2D eigenvalue weighted by Gasteiger charge is -2.15. The molecule has 5 nitrogen and oxygen atoms in total. The molecule has 0 aromatic heterocycles. The maximum Gasteiger partial charge on any atom is 0.234 e. The molecule has 1 aromatic carbocycles. The van der Waals surface area contributed by atoms with Crippen LogP contribution in [0.3, 0.4) is 0 Å². The summed E-state index contributed by atoms with van der Waals surface area (Å²) in [4.78, 5) is 10.9. The fourth-order valence-electron chi connectivity index (χ4n) is 1.39. The van der Waals surface area contributed by atoms with Crippen LogP contribution in [0.25, 0.3) is 0 Å². The molecule has 0 aliphatic rings. The molecule has 0 radical (unpaired) electrons. The van der Waals surface area contributed by atoms with Crippen LogP contribution in [0, 0.1) is 17.1 Å². The number of hydrogen-bond acceptors (Lipinski definition) is 4. The summed E-state index contributed by atoms with van der Waals surface area (Å²) in [5, 5.41) is 8.82. The summed E-state index contributed by atoms with van der Waals surface area (Å²) < 4.78 is 18.7. The fourth-order valence-corrected chi connectivity index (χ4v) is 1.39. The minimum atomic E-state index is -0.623. The van der Waals surface area contributed by atoms with Crippen molar-refractivity contribution in [3.8, 4) is 11.8 Å². The largest absolute Gasteiger partial charge is 0.489 e. The summed E-state index contributed by atoms with van der Waals surface area (Å²) in [6.07, 6.45) is 0.301. The van der Waals surface area contributed by atoms with E-state index in [0.717, 1.165) is 0 Å². The van der Waals surface area contributed by atoms with Crippen molar-refractivity contribution in [2.75, 3.05) is 0 Å². The van der Waals surface area contributed by atoms with Gasteiger partial charge in [0.15, 0.2) is 0 Å². The fraction of sp³-hybridized carbons (Fsp3) is 0.333. The Labute approximate surface area is 104 Å². The van der Waals surface area contributed by atoms with Gasteiger partial charge < -0.3 is 4.74 Å². The van der Waals surface area contributed by atoms with Crippen LogP contribution in [0.15, 0.2) is 18.2 Å². The van der Waals surface area contributed by atoms with Crippen molar-refractivity contribution in [3.63, 3.8) is 0 Å². The predicted molar refractivity (Wildman–Crippen MR) is 62.8 cm³/mol. The quantitative estimate of drug-likeness (QED) is 0.468. The molecule has 0 heterocycles. The average Bonchev–Trinajstić information content (AvgIpc) is 2.36. The van der Waals surface area contributed by atoms with E-state index < -0.39 is 5.82 Å². The van der Waals surface area contributed by atoms with Crippen LogP contribution < -0.4 is 16.0 Å². The maximum atomic E-state index is 13.3. The Morgan fingerprint density at radius 2 is 2.39 bits per heavy atom. The smallest absolute Gasteiger partial charge is 0.234 e. The highest BCUT2D eigenvalue weighted by Gasteiger charge is 2.13.